The average Bonchev–Trinajstić information content (AvgIpc) is 2.29. The maximum atomic E-state index is 13.2. The fraction of sp³-hybridized carbons (Fsp3) is 0.364. The number of esters is 1. The van der Waals surface area contributed by atoms with E-state index in [1.807, 2.05) is 0 Å². The van der Waals surface area contributed by atoms with Crippen molar-refractivity contribution in [1.82, 2.24) is 0 Å². The molecule has 1 aromatic carbocycles. The predicted octanol–water partition coefficient (Wildman–Crippen LogP) is 2.88. The van der Waals surface area contributed by atoms with Crippen LogP contribution in [-0.2, 0) is 16.0 Å². The molecule has 0 aliphatic carbocycles. The van der Waals surface area contributed by atoms with E-state index in [1.165, 1.54) is 13.8 Å². The SMILES string of the molecule is CC(C)OC(=O)Cc1c(F)c(F)c(F)c(F)c1F. The smallest absolute Gasteiger partial charge is 0.310 e. The van der Waals surface area contributed by atoms with Crippen LogP contribution in [0.3, 0.4) is 0 Å². The normalized spacial score (nSPS) is 10.9. The second-order valence-electron chi connectivity index (χ2n) is 3.76. The van der Waals surface area contributed by atoms with E-state index in [1.54, 1.807) is 0 Å². The minimum Gasteiger partial charge on any atom is -0.463 e. The molecule has 100 valence electrons. The van der Waals surface area contributed by atoms with Crippen LogP contribution in [-0.4, -0.2) is 12.1 Å². The van der Waals surface area contributed by atoms with Crippen LogP contribution >= 0.6 is 0 Å². The van der Waals surface area contributed by atoms with Crippen molar-refractivity contribution in [3.05, 3.63) is 34.6 Å². The highest BCUT2D eigenvalue weighted by atomic mass is 19.2. The minimum atomic E-state index is -2.26. The van der Waals surface area contributed by atoms with Crippen LogP contribution < -0.4 is 0 Å². The number of ether oxygens (including phenoxy) is 1. The molecular formula is C11H9F5O2. The first-order chi connectivity index (χ1) is 8.25. The molecule has 0 fully saturated rings. The highest BCUT2D eigenvalue weighted by Crippen LogP contribution is 2.23. The van der Waals surface area contributed by atoms with Crippen molar-refractivity contribution >= 4 is 5.97 Å². The van der Waals surface area contributed by atoms with E-state index in [-0.39, 0.29) is 0 Å². The monoisotopic (exact) mass is 268 g/mol. The quantitative estimate of drug-likeness (QED) is 0.364. The summed E-state index contributed by atoms with van der Waals surface area (Å²) in [5.74, 6) is -11.5. The molecule has 0 aliphatic heterocycles. The van der Waals surface area contributed by atoms with Gasteiger partial charge >= 0.3 is 5.97 Å². The number of benzene rings is 1. The number of carbonyl (C=O) groups excluding carboxylic acids is 1. The van der Waals surface area contributed by atoms with Gasteiger partial charge in [-0.25, -0.2) is 22.0 Å². The number of halogens is 5. The molecule has 0 aliphatic rings. The molecule has 0 saturated heterocycles. The first-order valence-electron chi connectivity index (χ1n) is 4.95. The van der Waals surface area contributed by atoms with Crippen LogP contribution in [0.2, 0.25) is 0 Å². The van der Waals surface area contributed by atoms with Gasteiger partial charge < -0.3 is 4.74 Å². The van der Waals surface area contributed by atoms with E-state index >= 15 is 0 Å². The van der Waals surface area contributed by atoms with Gasteiger partial charge in [0.2, 0.25) is 5.82 Å². The fourth-order valence-electron chi connectivity index (χ4n) is 1.25. The van der Waals surface area contributed by atoms with Crippen LogP contribution in [0, 0.1) is 29.1 Å². The Morgan fingerprint density at radius 2 is 1.33 bits per heavy atom. The second-order valence-corrected chi connectivity index (χ2v) is 3.76. The van der Waals surface area contributed by atoms with Crippen molar-refractivity contribution in [3.8, 4) is 0 Å². The van der Waals surface area contributed by atoms with Gasteiger partial charge in [-0.3, -0.25) is 4.79 Å². The lowest BCUT2D eigenvalue weighted by Crippen LogP contribution is -2.17. The maximum Gasteiger partial charge on any atom is 0.310 e. The van der Waals surface area contributed by atoms with Gasteiger partial charge in [-0.15, -0.1) is 0 Å². The third-order valence-corrected chi connectivity index (χ3v) is 1.99. The molecule has 0 aromatic heterocycles. The van der Waals surface area contributed by atoms with Crippen LogP contribution in [0.4, 0.5) is 22.0 Å². The summed E-state index contributed by atoms with van der Waals surface area (Å²) >= 11 is 0. The topological polar surface area (TPSA) is 26.3 Å². The first-order valence-corrected chi connectivity index (χ1v) is 4.95. The van der Waals surface area contributed by atoms with E-state index in [9.17, 15) is 26.7 Å². The summed E-state index contributed by atoms with van der Waals surface area (Å²) in [5, 5.41) is 0. The molecule has 0 radical (unpaired) electrons. The van der Waals surface area contributed by atoms with Crippen LogP contribution in [0.1, 0.15) is 19.4 Å². The van der Waals surface area contributed by atoms with Gasteiger partial charge in [0.05, 0.1) is 12.5 Å². The van der Waals surface area contributed by atoms with E-state index < -0.39 is 53.1 Å². The highest BCUT2D eigenvalue weighted by molar-refractivity contribution is 5.72. The lowest BCUT2D eigenvalue weighted by Gasteiger charge is -2.10. The van der Waals surface area contributed by atoms with E-state index in [0.717, 1.165) is 0 Å². The fourth-order valence-corrected chi connectivity index (χ4v) is 1.25. The Morgan fingerprint density at radius 3 is 1.72 bits per heavy atom. The molecule has 0 amide bonds. The summed E-state index contributed by atoms with van der Waals surface area (Å²) < 4.78 is 69.2. The van der Waals surface area contributed by atoms with Gasteiger partial charge in [-0.2, -0.15) is 0 Å². The van der Waals surface area contributed by atoms with Crippen molar-refractivity contribution in [2.75, 3.05) is 0 Å². The van der Waals surface area contributed by atoms with Crippen LogP contribution in [0.25, 0.3) is 0 Å². The third kappa shape index (κ3) is 2.77. The molecule has 1 rings (SSSR count). The number of rotatable bonds is 3. The Labute approximate surface area is 99.4 Å². The predicted molar refractivity (Wildman–Crippen MR) is 51.2 cm³/mol. The van der Waals surface area contributed by atoms with Crippen molar-refractivity contribution in [2.45, 2.75) is 26.4 Å². The molecule has 0 heterocycles. The molecule has 0 spiro atoms. The van der Waals surface area contributed by atoms with E-state index in [2.05, 4.69) is 4.74 Å². The summed E-state index contributed by atoms with van der Waals surface area (Å²) in [5.41, 5.74) is -1.20. The minimum absolute atomic E-state index is 0.557. The molecule has 0 N–H and O–H groups in total. The van der Waals surface area contributed by atoms with Gasteiger partial charge in [0.1, 0.15) is 0 Å². The van der Waals surface area contributed by atoms with Crippen molar-refractivity contribution < 1.29 is 31.5 Å². The Balaban J connectivity index is 3.14. The van der Waals surface area contributed by atoms with Gasteiger partial charge in [-0.1, -0.05) is 0 Å². The molecule has 0 unspecified atom stereocenters. The van der Waals surface area contributed by atoms with E-state index in [0.29, 0.717) is 0 Å². The summed E-state index contributed by atoms with van der Waals surface area (Å²) in [6, 6.07) is 0. The molecule has 2 nitrogen and oxygen atoms in total. The largest absolute Gasteiger partial charge is 0.463 e. The lowest BCUT2D eigenvalue weighted by atomic mass is 10.1. The number of hydrogen-bond donors (Lipinski definition) is 0. The van der Waals surface area contributed by atoms with Crippen molar-refractivity contribution in [3.63, 3.8) is 0 Å². The van der Waals surface area contributed by atoms with Crippen molar-refractivity contribution in [2.24, 2.45) is 0 Å². The van der Waals surface area contributed by atoms with E-state index in [4.69, 9.17) is 0 Å². The highest BCUT2D eigenvalue weighted by Gasteiger charge is 2.27. The zero-order valence-corrected chi connectivity index (χ0v) is 9.49. The molecule has 1 aromatic rings. The second kappa shape index (κ2) is 5.32. The van der Waals surface area contributed by atoms with Gasteiger partial charge in [-0.05, 0) is 13.8 Å². The third-order valence-electron chi connectivity index (χ3n) is 1.99. The zero-order valence-electron chi connectivity index (χ0n) is 9.49. The Bertz CT molecular complexity index is 456. The maximum absolute atomic E-state index is 13.2. The average molecular weight is 268 g/mol. The number of carbonyl (C=O) groups is 1. The Morgan fingerprint density at radius 1 is 0.944 bits per heavy atom. The molecule has 0 atom stereocenters. The van der Waals surface area contributed by atoms with Gasteiger partial charge in [0, 0.05) is 5.56 Å². The lowest BCUT2D eigenvalue weighted by molar-refractivity contribution is -0.146. The first kappa shape index (κ1) is 14.4. The molecular weight excluding hydrogens is 259 g/mol. The standard InChI is InChI=1S/C11H9F5O2/c1-4(2)18-6(17)3-5-7(12)9(14)11(16)10(15)8(5)13/h4H,3H2,1-2H3. The zero-order chi connectivity index (χ0) is 14.0. The number of hydrogen-bond acceptors (Lipinski definition) is 2. The molecule has 7 heteroatoms. The summed E-state index contributed by atoms with van der Waals surface area (Å²) in [4.78, 5) is 11.1. The summed E-state index contributed by atoms with van der Waals surface area (Å²) in [7, 11) is 0. The van der Waals surface area contributed by atoms with Crippen LogP contribution in [0.15, 0.2) is 0 Å². The Hall–Kier alpha value is -1.66. The summed E-state index contributed by atoms with van der Waals surface area (Å²) in [6.45, 7) is 2.97. The molecule has 0 bridgehead atoms. The van der Waals surface area contributed by atoms with Crippen LogP contribution in [0.5, 0.6) is 0 Å². The Kier molecular flexibility index (Phi) is 4.26. The van der Waals surface area contributed by atoms with Gasteiger partial charge in [0.15, 0.2) is 23.3 Å². The molecule has 18 heavy (non-hydrogen) atoms. The summed E-state index contributed by atoms with van der Waals surface area (Å²) in [6.07, 6.45) is -1.58. The molecule has 0 saturated carbocycles. The van der Waals surface area contributed by atoms with Crippen molar-refractivity contribution in [1.29, 1.82) is 0 Å². The van der Waals surface area contributed by atoms with Gasteiger partial charge in [0.25, 0.3) is 0 Å².